The molecule has 0 aliphatic heterocycles. The van der Waals surface area contributed by atoms with Crippen molar-refractivity contribution in [3.63, 3.8) is 0 Å². The molecule has 1 aromatic carbocycles. The standard InChI is InChI=1S/C14H17N3O3/c1-4-12(18)15-9(2)14-16-13(17-20-14)10-5-7-11(19-3)8-6-10/h5-9H,4H2,1-3H3,(H,15,18). The van der Waals surface area contributed by atoms with Gasteiger partial charge in [0.25, 0.3) is 0 Å². The quantitative estimate of drug-likeness (QED) is 0.906. The highest BCUT2D eigenvalue weighted by atomic mass is 16.5. The average molecular weight is 275 g/mol. The molecule has 1 atom stereocenters. The topological polar surface area (TPSA) is 77.2 Å². The third-order valence-electron chi connectivity index (χ3n) is 2.86. The molecule has 0 radical (unpaired) electrons. The van der Waals surface area contributed by atoms with Crippen LogP contribution in [0.3, 0.4) is 0 Å². The Balaban J connectivity index is 2.13. The van der Waals surface area contributed by atoms with Gasteiger partial charge in [0.2, 0.25) is 17.6 Å². The third kappa shape index (κ3) is 3.14. The minimum Gasteiger partial charge on any atom is -0.497 e. The Bertz CT molecular complexity index is 578. The number of hydrogen-bond acceptors (Lipinski definition) is 5. The molecule has 0 aliphatic carbocycles. The van der Waals surface area contributed by atoms with Crippen LogP contribution < -0.4 is 10.1 Å². The van der Waals surface area contributed by atoms with Crippen molar-refractivity contribution >= 4 is 5.91 Å². The fourth-order valence-electron chi connectivity index (χ4n) is 1.67. The van der Waals surface area contributed by atoms with Gasteiger partial charge in [0.1, 0.15) is 11.8 Å². The Hall–Kier alpha value is -2.37. The molecule has 0 saturated carbocycles. The lowest BCUT2D eigenvalue weighted by Gasteiger charge is -2.07. The van der Waals surface area contributed by atoms with Crippen molar-refractivity contribution in [1.29, 1.82) is 0 Å². The third-order valence-corrected chi connectivity index (χ3v) is 2.86. The van der Waals surface area contributed by atoms with Gasteiger partial charge in [-0.05, 0) is 31.2 Å². The van der Waals surface area contributed by atoms with Crippen LogP contribution in [0.25, 0.3) is 11.4 Å². The number of benzene rings is 1. The summed E-state index contributed by atoms with van der Waals surface area (Å²) in [6.45, 7) is 3.59. The number of nitrogens with zero attached hydrogens (tertiary/aromatic N) is 2. The zero-order valence-corrected chi connectivity index (χ0v) is 11.7. The number of carbonyl (C=O) groups excluding carboxylic acids is 1. The van der Waals surface area contributed by atoms with Crippen LogP contribution in [0.2, 0.25) is 0 Å². The van der Waals surface area contributed by atoms with Crippen molar-refractivity contribution in [1.82, 2.24) is 15.5 Å². The van der Waals surface area contributed by atoms with Crippen LogP contribution in [-0.2, 0) is 4.79 Å². The second-order valence-electron chi connectivity index (χ2n) is 4.33. The lowest BCUT2D eigenvalue weighted by molar-refractivity contribution is -0.121. The summed E-state index contributed by atoms with van der Waals surface area (Å²) in [4.78, 5) is 15.6. The van der Waals surface area contributed by atoms with Gasteiger partial charge in [0.05, 0.1) is 7.11 Å². The molecule has 2 rings (SSSR count). The van der Waals surface area contributed by atoms with Gasteiger partial charge >= 0.3 is 0 Å². The van der Waals surface area contributed by atoms with Gasteiger partial charge in [-0.3, -0.25) is 4.79 Å². The van der Waals surface area contributed by atoms with E-state index in [4.69, 9.17) is 9.26 Å². The van der Waals surface area contributed by atoms with Gasteiger partial charge in [-0.1, -0.05) is 12.1 Å². The van der Waals surface area contributed by atoms with Crippen molar-refractivity contribution in [2.75, 3.05) is 7.11 Å². The molecule has 0 bridgehead atoms. The van der Waals surface area contributed by atoms with Gasteiger partial charge < -0.3 is 14.6 Å². The van der Waals surface area contributed by atoms with Gasteiger partial charge in [-0.15, -0.1) is 0 Å². The summed E-state index contributed by atoms with van der Waals surface area (Å²) >= 11 is 0. The molecule has 1 unspecified atom stereocenters. The summed E-state index contributed by atoms with van der Waals surface area (Å²) in [5, 5.41) is 6.69. The van der Waals surface area contributed by atoms with Gasteiger partial charge in [-0.25, -0.2) is 0 Å². The Morgan fingerprint density at radius 2 is 2.10 bits per heavy atom. The lowest BCUT2D eigenvalue weighted by atomic mass is 10.2. The molecule has 1 heterocycles. The lowest BCUT2D eigenvalue weighted by Crippen LogP contribution is -2.25. The van der Waals surface area contributed by atoms with E-state index in [-0.39, 0.29) is 11.9 Å². The van der Waals surface area contributed by atoms with Crippen molar-refractivity contribution in [3.05, 3.63) is 30.2 Å². The summed E-state index contributed by atoms with van der Waals surface area (Å²) in [5.41, 5.74) is 0.829. The zero-order chi connectivity index (χ0) is 14.5. The highest BCUT2D eigenvalue weighted by molar-refractivity contribution is 5.75. The molecule has 0 saturated heterocycles. The van der Waals surface area contributed by atoms with E-state index in [2.05, 4.69) is 15.5 Å². The van der Waals surface area contributed by atoms with Gasteiger partial charge in [0.15, 0.2) is 0 Å². The molecule has 0 aliphatic rings. The number of rotatable bonds is 5. The van der Waals surface area contributed by atoms with Crippen LogP contribution in [0.5, 0.6) is 5.75 Å². The maximum absolute atomic E-state index is 11.3. The number of nitrogens with one attached hydrogen (secondary N) is 1. The highest BCUT2D eigenvalue weighted by Gasteiger charge is 2.16. The molecular weight excluding hydrogens is 258 g/mol. The summed E-state index contributed by atoms with van der Waals surface area (Å²) < 4.78 is 10.3. The predicted octanol–water partition coefficient (Wildman–Crippen LogP) is 2.33. The maximum Gasteiger partial charge on any atom is 0.249 e. The molecule has 1 N–H and O–H groups in total. The Labute approximate surface area is 117 Å². The van der Waals surface area contributed by atoms with Crippen molar-refractivity contribution < 1.29 is 14.1 Å². The molecule has 6 heteroatoms. The molecule has 6 nitrogen and oxygen atoms in total. The first-order chi connectivity index (χ1) is 9.63. The van der Waals surface area contributed by atoms with E-state index in [1.165, 1.54) is 0 Å². The first-order valence-electron chi connectivity index (χ1n) is 6.41. The second-order valence-corrected chi connectivity index (χ2v) is 4.33. The number of ether oxygens (including phenoxy) is 1. The SMILES string of the molecule is CCC(=O)NC(C)c1nc(-c2ccc(OC)cc2)no1. The van der Waals surface area contributed by atoms with Crippen LogP contribution >= 0.6 is 0 Å². The second kappa shape index (κ2) is 6.18. The molecule has 1 aromatic heterocycles. The first-order valence-corrected chi connectivity index (χ1v) is 6.41. The molecular formula is C14H17N3O3. The van der Waals surface area contributed by atoms with Crippen molar-refractivity contribution in [2.24, 2.45) is 0 Å². The van der Waals surface area contributed by atoms with Crippen LogP contribution in [0, 0.1) is 0 Å². The molecule has 0 fully saturated rings. The summed E-state index contributed by atoms with van der Waals surface area (Å²) in [5.74, 6) is 1.58. The smallest absolute Gasteiger partial charge is 0.249 e. The van der Waals surface area contributed by atoms with E-state index < -0.39 is 0 Å². The van der Waals surface area contributed by atoms with Crippen molar-refractivity contribution in [3.8, 4) is 17.1 Å². The first kappa shape index (κ1) is 14.0. The predicted molar refractivity (Wildman–Crippen MR) is 73.1 cm³/mol. The summed E-state index contributed by atoms with van der Waals surface area (Å²) in [6.07, 6.45) is 0.420. The normalized spacial score (nSPS) is 11.9. The molecule has 20 heavy (non-hydrogen) atoms. The number of aromatic nitrogens is 2. The van der Waals surface area contributed by atoms with Crippen LogP contribution in [0.15, 0.2) is 28.8 Å². The number of amides is 1. The maximum atomic E-state index is 11.3. The largest absolute Gasteiger partial charge is 0.497 e. The monoisotopic (exact) mass is 275 g/mol. The molecule has 2 aromatic rings. The number of hydrogen-bond donors (Lipinski definition) is 1. The van der Waals surface area contributed by atoms with Crippen LogP contribution in [0.4, 0.5) is 0 Å². The summed E-state index contributed by atoms with van der Waals surface area (Å²) in [7, 11) is 1.61. The molecule has 0 spiro atoms. The Kier molecular flexibility index (Phi) is 4.34. The van der Waals surface area contributed by atoms with E-state index in [0.717, 1.165) is 11.3 Å². The minimum absolute atomic E-state index is 0.0540. The van der Waals surface area contributed by atoms with Gasteiger partial charge in [-0.2, -0.15) is 4.98 Å². The van der Waals surface area contributed by atoms with E-state index in [0.29, 0.717) is 18.1 Å². The number of methoxy groups -OCH3 is 1. The zero-order valence-electron chi connectivity index (χ0n) is 11.7. The van der Waals surface area contributed by atoms with E-state index in [1.54, 1.807) is 21.0 Å². The van der Waals surface area contributed by atoms with E-state index >= 15 is 0 Å². The number of carbonyl (C=O) groups is 1. The fourth-order valence-corrected chi connectivity index (χ4v) is 1.67. The highest BCUT2D eigenvalue weighted by Crippen LogP contribution is 2.21. The molecule has 106 valence electrons. The van der Waals surface area contributed by atoms with E-state index in [1.807, 2.05) is 24.3 Å². The van der Waals surface area contributed by atoms with E-state index in [9.17, 15) is 4.79 Å². The average Bonchev–Trinajstić information content (AvgIpc) is 2.97. The van der Waals surface area contributed by atoms with Gasteiger partial charge in [0, 0.05) is 12.0 Å². The molecule has 1 amide bonds. The Morgan fingerprint density at radius 1 is 1.40 bits per heavy atom. The van der Waals surface area contributed by atoms with Crippen LogP contribution in [-0.4, -0.2) is 23.2 Å². The Morgan fingerprint density at radius 3 is 2.70 bits per heavy atom. The van der Waals surface area contributed by atoms with Crippen LogP contribution in [0.1, 0.15) is 32.2 Å². The fraction of sp³-hybridized carbons (Fsp3) is 0.357. The minimum atomic E-state index is -0.304. The summed E-state index contributed by atoms with van der Waals surface area (Å²) in [6, 6.07) is 7.05. The van der Waals surface area contributed by atoms with Crippen molar-refractivity contribution in [2.45, 2.75) is 26.3 Å².